The second-order valence-corrected chi connectivity index (χ2v) is 12.0. The minimum Gasteiger partial charge on any atom is -0.444 e. The van der Waals surface area contributed by atoms with Crippen molar-refractivity contribution in [1.82, 2.24) is 4.90 Å². The Morgan fingerprint density at radius 2 is 1.87 bits per heavy atom. The predicted octanol–water partition coefficient (Wildman–Crippen LogP) is 5.44. The number of Topliss-reactive ketones (excluding diaryl/α,β-unsaturated/α-hetero) is 1. The van der Waals surface area contributed by atoms with Crippen LogP contribution in [-0.2, 0) is 27.2 Å². The number of benzene rings is 2. The van der Waals surface area contributed by atoms with E-state index in [1.807, 2.05) is 18.2 Å². The molecule has 1 saturated carbocycles. The van der Waals surface area contributed by atoms with Crippen molar-refractivity contribution in [2.24, 2.45) is 11.8 Å². The van der Waals surface area contributed by atoms with Crippen molar-refractivity contribution < 1.29 is 23.5 Å². The van der Waals surface area contributed by atoms with Crippen molar-refractivity contribution in [3.05, 3.63) is 53.3 Å². The molecule has 4 atom stereocenters. The van der Waals surface area contributed by atoms with E-state index in [-0.39, 0.29) is 36.5 Å². The number of anilines is 1. The number of hydrogen-bond donors (Lipinski definition) is 0. The van der Waals surface area contributed by atoms with Crippen molar-refractivity contribution in [3.8, 4) is 17.2 Å². The maximum atomic E-state index is 15.2. The van der Waals surface area contributed by atoms with Crippen LogP contribution in [0.15, 0.2) is 36.4 Å². The van der Waals surface area contributed by atoms with Crippen LogP contribution in [0.3, 0.4) is 0 Å². The minimum atomic E-state index is -0.711. The number of nitriles is 1. The number of nitrogens with zero attached hydrogens (tertiary/aromatic N) is 3. The van der Waals surface area contributed by atoms with Crippen molar-refractivity contribution in [1.29, 1.82) is 5.26 Å². The first-order valence-corrected chi connectivity index (χ1v) is 13.6. The number of fused-ring (bicyclic) bond motifs is 3. The highest BCUT2D eigenvalue weighted by atomic mass is 19.1. The number of carbonyl (C=O) groups excluding carboxylic acids is 3. The van der Waals surface area contributed by atoms with Gasteiger partial charge in [-0.25, -0.2) is 9.18 Å². The zero-order valence-electron chi connectivity index (χ0n) is 22.9. The Labute approximate surface area is 228 Å². The van der Waals surface area contributed by atoms with Gasteiger partial charge in [0, 0.05) is 25.2 Å². The van der Waals surface area contributed by atoms with Gasteiger partial charge in [0.25, 0.3) is 0 Å². The molecule has 2 aliphatic heterocycles. The lowest BCUT2D eigenvalue weighted by Gasteiger charge is -2.35. The molecule has 7 nitrogen and oxygen atoms in total. The first kappa shape index (κ1) is 26.9. The highest BCUT2D eigenvalue weighted by Gasteiger charge is 2.52. The Kier molecular flexibility index (Phi) is 6.96. The molecule has 2 heterocycles. The lowest BCUT2D eigenvalue weighted by Crippen LogP contribution is -2.51. The first-order valence-electron chi connectivity index (χ1n) is 13.6. The zero-order chi connectivity index (χ0) is 28.1. The Bertz CT molecular complexity index is 1370. The summed E-state index contributed by atoms with van der Waals surface area (Å²) in [6, 6.07) is 12.1. The van der Waals surface area contributed by atoms with Gasteiger partial charge < -0.3 is 9.64 Å². The van der Waals surface area contributed by atoms with Crippen LogP contribution in [0.2, 0.25) is 0 Å². The molecule has 0 spiro atoms. The zero-order valence-corrected chi connectivity index (χ0v) is 22.9. The molecule has 2 aromatic rings. The number of amides is 2. The van der Waals surface area contributed by atoms with Crippen molar-refractivity contribution in [2.45, 2.75) is 77.0 Å². The number of carbonyl (C=O) groups is 3. The highest BCUT2D eigenvalue weighted by molar-refractivity contribution is 6.01. The standard InChI is InChI=1S/C31H34FN3O4/c1-31(2,3)39-30(38)35-24-10-9-23(13-24)29(35)27(36)12-18(17-33)11-21-7-5-19(14-25(21)32)20-6-8-22-16-28(37)34(4)26(22)15-20/h5-8,14-15,18,23-24,29H,9-13,16H2,1-4H3/t18-,23+,24-,29+/m1/s1. The highest BCUT2D eigenvalue weighted by Crippen LogP contribution is 2.44. The molecule has 8 heteroatoms. The van der Waals surface area contributed by atoms with Crippen LogP contribution in [0.5, 0.6) is 0 Å². The molecule has 1 aliphatic carbocycles. The number of ether oxygens (including phenoxy) is 1. The van der Waals surface area contributed by atoms with E-state index in [1.165, 1.54) is 6.07 Å². The average molecular weight is 532 g/mol. The topological polar surface area (TPSA) is 90.7 Å². The SMILES string of the molecule is CN1C(=O)Cc2ccc(-c3ccc(C[C@@H](C#N)CC(=O)[C@@H]4[C@H]5CC[C@H](C5)N4C(=O)OC(C)(C)C)c(F)c3)cc21. The number of likely N-dealkylation sites (tertiary alicyclic amines) is 1. The molecule has 5 rings (SSSR count). The molecule has 1 saturated heterocycles. The van der Waals surface area contributed by atoms with Crippen molar-refractivity contribution >= 4 is 23.5 Å². The Morgan fingerprint density at radius 3 is 2.56 bits per heavy atom. The molecule has 2 bridgehead atoms. The molecule has 2 aromatic carbocycles. The number of likely N-dealkylation sites (N-methyl/N-ethyl adjacent to an activating group) is 1. The normalized spacial score (nSPS) is 22.6. The molecule has 204 valence electrons. The monoisotopic (exact) mass is 531 g/mol. The molecule has 2 fully saturated rings. The molecular formula is C31H34FN3O4. The molecule has 2 amide bonds. The molecular weight excluding hydrogens is 497 g/mol. The summed E-state index contributed by atoms with van der Waals surface area (Å²) in [7, 11) is 1.73. The fourth-order valence-electron chi connectivity index (χ4n) is 6.29. The van der Waals surface area contributed by atoms with Crippen LogP contribution >= 0.6 is 0 Å². The van der Waals surface area contributed by atoms with Gasteiger partial charge in [0.1, 0.15) is 11.4 Å². The molecule has 0 radical (unpaired) electrons. The summed E-state index contributed by atoms with van der Waals surface area (Å²) >= 11 is 0. The Hall–Kier alpha value is -3.73. The lowest BCUT2D eigenvalue weighted by molar-refractivity contribution is -0.126. The van der Waals surface area contributed by atoms with Gasteiger partial charge in [-0.3, -0.25) is 14.5 Å². The van der Waals surface area contributed by atoms with Gasteiger partial charge in [0.05, 0.1) is 24.4 Å². The van der Waals surface area contributed by atoms with Crippen LogP contribution in [-0.4, -0.2) is 47.4 Å². The molecule has 0 N–H and O–H groups in total. The number of hydrogen-bond acceptors (Lipinski definition) is 5. The van der Waals surface area contributed by atoms with Crippen LogP contribution in [0.1, 0.15) is 57.6 Å². The summed E-state index contributed by atoms with van der Waals surface area (Å²) in [5, 5.41) is 9.84. The fraction of sp³-hybridized carbons (Fsp3) is 0.484. The molecule has 39 heavy (non-hydrogen) atoms. The van der Waals surface area contributed by atoms with Crippen molar-refractivity contribution in [3.63, 3.8) is 0 Å². The Balaban J connectivity index is 1.28. The van der Waals surface area contributed by atoms with E-state index >= 15 is 4.39 Å². The smallest absolute Gasteiger partial charge is 0.411 e. The van der Waals surface area contributed by atoms with E-state index in [0.717, 1.165) is 36.1 Å². The van der Waals surface area contributed by atoms with Gasteiger partial charge in [-0.2, -0.15) is 5.26 Å². The summed E-state index contributed by atoms with van der Waals surface area (Å²) in [5.74, 6) is -1.21. The van der Waals surface area contributed by atoms with Crippen LogP contribution in [0.4, 0.5) is 14.9 Å². The van der Waals surface area contributed by atoms with Gasteiger partial charge in [0.15, 0.2) is 5.78 Å². The van der Waals surface area contributed by atoms with E-state index < -0.39 is 29.5 Å². The first-order chi connectivity index (χ1) is 18.4. The lowest BCUT2D eigenvalue weighted by atomic mass is 9.87. The molecule has 0 unspecified atom stereocenters. The summed E-state index contributed by atoms with van der Waals surface area (Å²) in [6.07, 6.45) is 2.44. The van der Waals surface area contributed by atoms with Crippen LogP contribution in [0.25, 0.3) is 11.1 Å². The van der Waals surface area contributed by atoms with Crippen molar-refractivity contribution in [2.75, 3.05) is 11.9 Å². The third-order valence-corrected chi connectivity index (χ3v) is 8.16. The molecule has 3 aliphatic rings. The molecule has 0 aromatic heterocycles. The van der Waals surface area contributed by atoms with E-state index in [0.29, 0.717) is 17.5 Å². The van der Waals surface area contributed by atoms with Gasteiger partial charge >= 0.3 is 6.09 Å². The average Bonchev–Trinajstić information content (AvgIpc) is 3.57. The van der Waals surface area contributed by atoms with Gasteiger partial charge in [0.2, 0.25) is 5.91 Å². The maximum Gasteiger partial charge on any atom is 0.411 e. The third-order valence-electron chi connectivity index (χ3n) is 8.16. The quantitative estimate of drug-likeness (QED) is 0.495. The van der Waals surface area contributed by atoms with E-state index in [2.05, 4.69) is 6.07 Å². The van der Waals surface area contributed by atoms with Gasteiger partial charge in [-0.15, -0.1) is 0 Å². The van der Waals surface area contributed by atoms with Gasteiger partial charge in [-0.1, -0.05) is 24.3 Å². The summed E-state index contributed by atoms with van der Waals surface area (Å²) in [6.45, 7) is 5.39. The number of rotatable bonds is 6. The maximum absolute atomic E-state index is 15.2. The van der Waals surface area contributed by atoms with E-state index in [4.69, 9.17) is 4.74 Å². The second-order valence-electron chi connectivity index (χ2n) is 12.0. The van der Waals surface area contributed by atoms with E-state index in [1.54, 1.807) is 49.8 Å². The summed E-state index contributed by atoms with van der Waals surface area (Å²) in [5.41, 5.74) is 2.94. The minimum absolute atomic E-state index is 0.0125. The fourth-order valence-corrected chi connectivity index (χ4v) is 6.29. The summed E-state index contributed by atoms with van der Waals surface area (Å²) < 4.78 is 20.8. The van der Waals surface area contributed by atoms with Crippen LogP contribution in [0, 0.1) is 29.0 Å². The third kappa shape index (κ3) is 5.27. The van der Waals surface area contributed by atoms with Crippen LogP contribution < -0.4 is 4.90 Å². The number of halogens is 1. The Morgan fingerprint density at radius 1 is 1.15 bits per heavy atom. The second kappa shape index (κ2) is 10.1. The number of ketones is 1. The van der Waals surface area contributed by atoms with E-state index in [9.17, 15) is 19.6 Å². The van der Waals surface area contributed by atoms with Gasteiger partial charge in [-0.05, 0) is 86.8 Å². The summed E-state index contributed by atoms with van der Waals surface area (Å²) in [4.78, 5) is 41.5. The predicted molar refractivity (Wildman–Crippen MR) is 144 cm³/mol. The largest absolute Gasteiger partial charge is 0.444 e. The number of piperidine rings is 1.